The highest BCUT2D eigenvalue weighted by atomic mass is 32.2. The van der Waals surface area contributed by atoms with E-state index in [0.29, 0.717) is 13.0 Å². The van der Waals surface area contributed by atoms with Gasteiger partial charge in [-0.3, -0.25) is 0 Å². The molecule has 17 heavy (non-hydrogen) atoms. The summed E-state index contributed by atoms with van der Waals surface area (Å²) in [6.07, 6.45) is 4.50. The molecule has 2 atom stereocenters. The second kappa shape index (κ2) is 5.67. The van der Waals surface area contributed by atoms with Gasteiger partial charge < -0.3 is 9.84 Å². The van der Waals surface area contributed by atoms with Crippen LogP contribution in [0.3, 0.4) is 0 Å². The molecule has 0 aromatic carbocycles. The highest BCUT2D eigenvalue weighted by Gasteiger charge is 2.30. The molecular formula is C12H24O4S. The lowest BCUT2D eigenvalue weighted by atomic mass is 9.94. The van der Waals surface area contributed by atoms with Crippen molar-refractivity contribution in [3.8, 4) is 0 Å². The Balaban J connectivity index is 2.46. The van der Waals surface area contributed by atoms with Crippen molar-refractivity contribution < 1.29 is 18.3 Å². The summed E-state index contributed by atoms with van der Waals surface area (Å²) in [5, 5.41) is 8.88. The van der Waals surface area contributed by atoms with E-state index in [-0.39, 0.29) is 23.4 Å². The predicted octanol–water partition coefficient (Wildman–Crippen LogP) is 1.38. The van der Waals surface area contributed by atoms with Gasteiger partial charge in [-0.05, 0) is 25.7 Å². The van der Waals surface area contributed by atoms with Gasteiger partial charge in [-0.2, -0.15) is 0 Å². The third-order valence-electron chi connectivity index (χ3n) is 3.32. The van der Waals surface area contributed by atoms with Crippen LogP contribution in [0, 0.1) is 5.41 Å². The first-order valence-electron chi connectivity index (χ1n) is 6.16. The van der Waals surface area contributed by atoms with Crippen molar-refractivity contribution >= 4 is 9.84 Å². The van der Waals surface area contributed by atoms with E-state index >= 15 is 0 Å². The Hall–Kier alpha value is -0.130. The van der Waals surface area contributed by atoms with Crippen LogP contribution in [0.2, 0.25) is 0 Å². The van der Waals surface area contributed by atoms with Crippen LogP contribution in [-0.4, -0.2) is 44.3 Å². The minimum absolute atomic E-state index is 0.0225. The fourth-order valence-corrected chi connectivity index (χ4v) is 3.19. The van der Waals surface area contributed by atoms with E-state index in [1.165, 1.54) is 6.26 Å². The molecule has 5 heteroatoms. The second-order valence-electron chi connectivity index (χ2n) is 5.87. The molecule has 0 bridgehead atoms. The van der Waals surface area contributed by atoms with Crippen LogP contribution in [0.1, 0.15) is 39.5 Å². The molecule has 0 spiro atoms. The Morgan fingerprint density at radius 2 is 2.00 bits per heavy atom. The lowest BCUT2D eigenvalue weighted by Crippen LogP contribution is -2.34. The van der Waals surface area contributed by atoms with Crippen molar-refractivity contribution in [2.75, 3.05) is 19.5 Å². The summed E-state index contributed by atoms with van der Waals surface area (Å²) in [7, 11) is -2.95. The maximum Gasteiger partial charge on any atom is 0.150 e. The maximum atomic E-state index is 11.5. The number of rotatable bonds is 5. The third-order valence-corrected chi connectivity index (χ3v) is 4.96. The molecule has 0 heterocycles. The van der Waals surface area contributed by atoms with E-state index in [1.54, 1.807) is 0 Å². The normalized spacial score (nSPS) is 27.1. The van der Waals surface area contributed by atoms with E-state index < -0.39 is 9.84 Å². The number of aliphatic hydroxyl groups is 1. The summed E-state index contributed by atoms with van der Waals surface area (Å²) < 4.78 is 28.7. The molecule has 0 amide bonds. The van der Waals surface area contributed by atoms with Gasteiger partial charge in [0, 0.05) is 11.7 Å². The SMILES string of the molecule is CC(C)(CO)COC1CCCC(S(C)(=O)=O)C1. The summed E-state index contributed by atoms with van der Waals surface area (Å²) in [6.45, 7) is 4.42. The van der Waals surface area contributed by atoms with Crippen LogP contribution in [0.5, 0.6) is 0 Å². The lowest BCUT2D eigenvalue weighted by molar-refractivity contribution is -0.0305. The zero-order valence-corrected chi connectivity index (χ0v) is 11.8. The minimum Gasteiger partial charge on any atom is -0.396 e. The molecule has 0 saturated heterocycles. The van der Waals surface area contributed by atoms with Gasteiger partial charge in [0.25, 0.3) is 0 Å². The molecule has 0 aliphatic heterocycles. The first-order chi connectivity index (χ1) is 7.74. The molecule has 1 rings (SSSR count). The molecule has 1 aliphatic rings. The highest BCUT2D eigenvalue weighted by molar-refractivity contribution is 7.91. The smallest absolute Gasteiger partial charge is 0.150 e. The van der Waals surface area contributed by atoms with Crippen molar-refractivity contribution in [2.24, 2.45) is 5.41 Å². The third kappa shape index (κ3) is 4.94. The topological polar surface area (TPSA) is 63.6 Å². The summed E-state index contributed by atoms with van der Waals surface area (Å²) in [6, 6.07) is 0. The van der Waals surface area contributed by atoms with Crippen LogP contribution in [-0.2, 0) is 14.6 Å². The van der Waals surface area contributed by atoms with Crippen molar-refractivity contribution in [3.05, 3.63) is 0 Å². The van der Waals surface area contributed by atoms with Crippen molar-refractivity contribution in [1.29, 1.82) is 0 Å². The molecule has 1 aliphatic carbocycles. The average molecular weight is 264 g/mol. The zero-order valence-electron chi connectivity index (χ0n) is 11.0. The molecule has 0 aromatic heterocycles. The number of aliphatic hydroxyl groups excluding tert-OH is 1. The van der Waals surface area contributed by atoms with E-state index in [1.807, 2.05) is 13.8 Å². The van der Waals surface area contributed by atoms with Crippen molar-refractivity contribution in [1.82, 2.24) is 0 Å². The van der Waals surface area contributed by atoms with E-state index in [0.717, 1.165) is 19.3 Å². The molecule has 1 saturated carbocycles. The van der Waals surface area contributed by atoms with Crippen LogP contribution in [0.25, 0.3) is 0 Å². The summed E-state index contributed by atoms with van der Waals surface area (Å²) in [4.78, 5) is 0. The van der Waals surface area contributed by atoms with E-state index in [4.69, 9.17) is 9.84 Å². The van der Waals surface area contributed by atoms with Crippen LogP contribution >= 0.6 is 0 Å². The Labute approximate surface area is 104 Å². The number of hydrogen-bond donors (Lipinski definition) is 1. The van der Waals surface area contributed by atoms with Crippen LogP contribution in [0.15, 0.2) is 0 Å². The minimum atomic E-state index is -2.95. The molecular weight excluding hydrogens is 240 g/mol. The molecule has 0 aromatic rings. The molecule has 102 valence electrons. The Morgan fingerprint density at radius 1 is 1.35 bits per heavy atom. The summed E-state index contributed by atoms with van der Waals surface area (Å²) in [5.41, 5.74) is -0.252. The molecule has 2 unspecified atom stereocenters. The first-order valence-corrected chi connectivity index (χ1v) is 8.11. The van der Waals surface area contributed by atoms with E-state index in [9.17, 15) is 8.42 Å². The van der Waals surface area contributed by atoms with Crippen LogP contribution < -0.4 is 0 Å². The monoisotopic (exact) mass is 264 g/mol. The Morgan fingerprint density at radius 3 is 2.53 bits per heavy atom. The van der Waals surface area contributed by atoms with Crippen molar-refractivity contribution in [3.63, 3.8) is 0 Å². The average Bonchev–Trinajstić information content (AvgIpc) is 2.26. The van der Waals surface area contributed by atoms with Gasteiger partial charge in [0.15, 0.2) is 0 Å². The maximum absolute atomic E-state index is 11.5. The van der Waals surface area contributed by atoms with Gasteiger partial charge in [0.2, 0.25) is 0 Å². The second-order valence-corrected chi connectivity index (χ2v) is 8.20. The number of sulfone groups is 1. The Bertz CT molecular complexity index is 334. The van der Waals surface area contributed by atoms with E-state index in [2.05, 4.69) is 0 Å². The summed E-state index contributed by atoms with van der Waals surface area (Å²) >= 11 is 0. The van der Waals surface area contributed by atoms with Crippen molar-refractivity contribution in [2.45, 2.75) is 50.9 Å². The van der Waals surface area contributed by atoms with Gasteiger partial charge in [-0.25, -0.2) is 8.42 Å². The van der Waals surface area contributed by atoms with Crippen LogP contribution in [0.4, 0.5) is 0 Å². The Kier molecular flexibility index (Phi) is 4.98. The fourth-order valence-electron chi connectivity index (χ4n) is 2.03. The lowest BCUT2D eigenvalue weighted by Gasteiger charge is -2.31. The quantitative estimate of drug-likeness (QED) is 0.815. The standard InChI is InChI=1S/C12H24O4S/c1-12(2,8-13)9-16-10-5-4-6-11(7-10)17(3,14)15/h10-11,13H,4-9H2,1-3H3. The zero-order chi connectivity index (χ0) is 13.1. The fraction of sp³-hybridized carbons (Fsp3) is 1.00. The number of ether oxygens (including phenoxy) is 1. The molecule has 1 N–H and O–H groups in total. The van der Waals surface area contributed by atoms with Gasteiger partial charge in [-0.15, -0.1) is 0 Å². The van der Waals surface area contributed by atoms with Gasteiger partial charge in [0.05, 0.1) is 24.6 Å². The van der Waals surface area contributed by atoms with Gasteiger partial charge >= 0.3 is 0 Å². The molecule has 1 fully saturated rings. The highest BCUT2D eigenvalue weighted by Crippen LogP contribution is 2.27. The number of hydrogen-bond acceptors (Lipinski definition) is 4. The summed E-state index contributed by atoms with van der Waals surface area (Å²) in [5.74, 6) is 0. The molecule has 0 radical (unpaired) electrons. The first kappa shape index (κ1) is 14.9. The van der Waals surface area contributed by atoms with Gasteiger partial charge in [0.1, 0.15) is 9.84 Å². The molecule has 4 nitrogen and oxygen atoms in total. The predicted molar refractivity (Wildman–Crippen MR) is 67.7 cm³/mol. The van der Waals surface area contributed by atoms with Gasteiger partial charge in [-0.1, -0.05) is 13.8 Å². The largest absolute Gasteiger partial charge is 0.396 e.